The first-order valence-electron chi connectivity index (χ1n) is 9.86. The molecule has 144 valence electrons. The highest BCUT2D eigenvalue weighted by atomic mass is 16.5. The third kappa shape index (κ3) is 3.72. The van der Waals surface area contributed by atoms with Gasteiger partial charge in [-0.05, 0) is 61.4 Å². The first kappa shape index (κ1) is 18.5. The molecule has 28 heavy (non-hydrogen) atoms. The van der Waals surface area contributed by atoms with E-state index in [-0.39, 0.29) is 12.1 Å². The number of esters is 1. The van der Waals surface area contributed by atoms with Gasteiger partial charge in [-0.15, -0.1) is 0 Å². The Hall–Kier alpha value is -2.88. The van der Waals surface area contributed by atoms with E-state index >= 15 is 0 Å². The van der Waals surface area contributed by atoms with Crippen molar-refractivity contribution in [1.82, 2.24) is 0 Å². The highest BCUT2D eigenvalue weighted by molar-refractivity contribution is 5.93. The first-order valence-corrected chi connectivity index (χ1v) is 9.86. The Bertz CT molecular complexity index is 1080. The van der Waals surface area contributed by atoms with Gasteiger partial charge < -0.3 is 9.15 Å². The highest BCUT2D eigenvalue weighted by Crippen LogP contribution is 2.28. The quantitative estimate of drug-likeness (QED) is 0.447. The lowest BCUT2D eigenvalue weighted by molar-refractivity contribution is 0.0154. The van der Waals surface area contributed by atoms with E-state index in [1.165, 1.54) is 6.42 Å². The Morgan fingerprint density at radius 2 is 1.93 bits per heavy atom. The fourth-order valence-corrected chi connectivity index (χ4v) is 3.97. The Kier molecular flexibility index (Phi) is 5.03. The Morgan fingerprint density at radius 3 is 2.75 bits per heavy atom. The molecule has 1 aromatic heterocycles. The van der Waals surface area contributed by atoms with Gasteiger partial charge in [0.2, 0.25) is 0 Å². The molecule has 4 heteroatoms. The van der Waals surface area contributed by atoms with E-state index < -0.39 is 5.63 Å². The summed E-state index contributed by atoms with van der Waals surface area (Å²) in [6, 6.07) is 14.6. The largest absolute Gasteiger partial charge is 0.459 e. The van der Waals surface area contributed by atoms with Gasteiger partial charge in [0.05, 0.1) is 11.1 Å². The highest BCUT2D eigenvalue weighted by Gasteiger charge is 2.24. The van der Waals surface area contributed by atoms with Gasteiger partial charge >= 0.3 is 11.6 Å². The molecule has 1 heterocycles. The van der Waals surface area contributed by atoms with Gasteiger partial charge in [-0.2, -0.15) is 0 Å². The molecule has 0 saturated heterocycles. The number of aryl methyl sites for hydroxylation is 1. The Balaban J connectivity index is 1.66. The van der Waals surface area contributed by atoms with E-state index in [1.54, 1.807) is 12.1 Å². The standard InChI is InChI=1S/C24H24O4/c1-15-6-5-8-19(12-15)27-23(25)20-13-17(11-10-16(20)2)21-14-18-7-3-4-9-22(18)28-24(21)26/h3-4,7,9-11,13-15,19H,5-6,8,12H2,1-2H3. The molecular weight excluding hydrogens is 352 g/mol. The smallest absolute Gasteiger partial charge is 0.344 e. The Morgan fingerprint density at radius 1 is 1.11 bits per heavy atom. The molecule has 1 saturated carbocycles. The van der Waals surface area contributed by atoms with E-state index in [4.69, 9.17) is 9.15 Å². The molecule has 0 bridgehead atoms. The lowest BCUT2D eigenvalue weighted by Crippen LogP contribution is -2.25. The van der Waals surface area contributed by atoms with Gasteiger partial charge in [0, 0.05) is 5.39 Å². The minimum absolute atomic E-state index is 0.0231. The maximum Gasteiger partial charge on any atom is 0.344 e. The number of ether oxygens (including phenoxy) is 1. The van der Waals surface area contributed by atoms with Crippen molar-refractivity contribution < 1.29 is 13.9 Å². The van der Waals surface area contributed by atoms with Crippen LogP contribution in [0.4, 0.5) is 0 Å². The number of para-hydroxylation sites is 1. The van der Waals surface area contributed by atoms with Crippen molar-refractivity contribution in [1.29, 1.82) is 0 Å². The van der Waals surface area contributed by atoms with E-state index in [0.717, 1.165) is 30.2 Å². The molecule has 0 amide bonds. The molecule has 2 atom stereocenters. The van der Waals surface area contributed by atoms with Crippen LogP contribution in [-0.4, -0.2) is 12.1 Å². The van der Waals surface area contributed by atoms with E-state index in [0.29, 0.717) is 28.2 Å². The van der Waals surface area contributed by atoms with Crippen molar-refractivity contribution >= 4 is 16.9 Å². The lowest BCUT2D eigenvalue weighted by atomic mass is 9.88. The number of carbonyl (C=O) groups excluding carboxylic acids is 1. The van der Waals surface area contributed by atoms with Gasteiger partial charge in [0.15, 0.2) is 0 Å². The summed E-state index contributed by atoms with van der Waals surface area (Å²) in [5, 5.41) is 0.845. The monoisotopic (exact) mass is 376 g/mol. The third-order valence-corrected chi connectivity index (χ3v) is 5.57. The van der Waals surface area contributed by atoms with Crippen LogP contribution >= 0.6 is 0 Å². The number of rotatable bonds is 3. The summed E-state index contributed by atoms with van der Waals surface area (Å²) in [4.78, 5) is 25.3. The predicted molar refractivity (Wildman–Crippen MR) is 109 cm³/mol. The average Bonchev–Trinajstić information content (AvgIpc) is 2.68. The number of carbonyl (C=O) groups is 1. The van der Waals surface area contributed by atoms with Gasteiger partial charge in [-0.3, -0.25) is 0 Å². The van der Waals surface area contributed by atoms with Crippen LogP contribution in [0.3, 0.4) is 0 Å². The molecule has 1 aliphatic rings. The molecule has 0 radical (unpaired) electrons. The Labute approximate surface area is 164 Å². The molecule has 4 nitrogen and oxygen atoms in total. The summed E-state index contributed by atoms with van der Waals surface area (Å²) in [5.41, 5.74) is 2.58. The fourth-order valence-electron chi connectivity index (χ4n) is 3.97. The number of fused-ring (bicyclic) bond motifs is 1. The van der Waals surface area contributed by atoms with Crippen LogP contribution < -0.4 is 5.63 Å². The normalized spacial score (nSPS) is 19.5. The van der Waals surface area contributed by atoms with Crippen molar-refractivity contribution in [2.24, 2.45) is 5.92 Å². The van der Waals surface area contributed by atoms with Gasteiger partial charge in [0.1, 0.15) is 11.7 Å². The van der Waals surface area contributed by atoms with Crippen LogP contribution in [0.5, 0.6) is 0 Å². The molecular formula is C24H24O4. The molecule has 0 spiro atoms. The summed E-state index contributed by atoms with van der Waals surface area (Å²) in [6.07, 6.45) is 4.10. The molecule has 0 N–H and O–H groups in total. The number of benzene rings is 2. The van der Waals surface area contributed by atoms with Crippen molar-refractivity contribution in [2.75, 3.05) is 0 Å². The predicted octanol–water partition coefficient (Wildman–Crippen LogP) is 5.50. The minimum Gasteiger partial charge on any atom is -0.459 e. The summed E-state index contributed by atoms with van der Waals surface area (Å²) < 4.78 is 11.2. The molecule has 2 unspecified atom stereocenters. The van der Waals surface area contributed by atoms with E-state index in [9.17, 15) is 9.59 Å². The topological polar surface area (TPSA) is 56.5 Å². The van der Waals surface area contributed by atoms with Crippen LogP contribution in [0.1, 0.15) is 48.5 Å². The van der Waals surface area contributed by atoms with Crippen LogP contribution in [0.15, 0.2) is 57.7 Å². The molecule has 0 aliphatic heterocycles. The molecule has 1 fully saturated rings. The SMILES string of the molecule is Cc1ccc(-c2cc3ccccc3oc2=O)cc1C(=O)OC1CCCC(C)C1. The second-order valence-electron chi connectivity index (χ2n) is 7.81. The van der Waals surface area contributed by atoms with E-state index in [1.807, 2.05) is 43.3 Å². The van der Waals surface area contributed by atoms with Crippen molar-refractivity contribution in [2.45, 2.75) is 45.6 Å². The average molecular weight is 376 g/mol. The van der Waals surface area contributed by atoms with Crippen molar-refractivity contribution in [3.8, 4) is 11.1 Å². The van der Waals surface area contributed by atoms with Crippen molar-refractivity contribution in [3.63, 3.8) is 0 Å². The maximum absolute atomic E-state index is 12.8. The zero-order valence-corrected chi connectivity index (χ0v) is 16.2. The summed E-state index contributed by atoms with van der Waals surface area (Å²) in [5.74, 6) is 0.268. The summed E-state index contributed by atoms with van der Waals surface area (Å²) >= 11 is 0. The van der Waals surface area contributed by atoms with Crippen LogP contribution in [0.25, 0.3) is 22.1 Å². The van der Waals surface area contributed by atoms with Crippen molar-refractivity contribution in [3.05, 3.63) is 70.1 Å². The molecule has 4 rings (SSSR count). The fraction of sp³-hybridized carbons (Fsp3) is 0.333. The maximum atomic E-state index is 12.8. The molecule has 2 aromatic carbocycles. The number of hydrogen-bond donors (Lipinski definition) is 0. The summed E-state index contributed by atoms with van der Waals surface area (Å²) in [7, 11) is 0. The van der Waals surface area contributed by atoms with Crippen LogP contribution in [-0.2, 0) is 4.74 Å². The second-order valence-corrected chi connectivity index (χ2v) is 7.81. The lowest BCUT2D eigenvalue weighted by Gasteiger charge is -2.26. The minimum atomic E-state index is -0.414. The second kappa shape index (κ2) is 7.63. The zero-order chi connectivity index (χ0) is 19.7. The molecule has 3 aromatic rings. The third-order valence-electron chi connectivity index (χ3n) is 5.57. The van der Waals surface area contributed by atoms with Gasteiger partial charge in [-0.25, -0.2) is 9.59 Å². The van der Waals surface area contributed by atoms with Gasteiger partial charge in [-0.1, -0.05) is 43.7 Å². The molecule has 1 aliphatic carbocycles. The zero-order valence-electron chi connectivity index (χ0n) is 16.2. The van der Waals surface area contributed by atoms with Crippen LogP contribution in [0, 0.1) is 12.8 Å². The van der Waals surface area contributed by atoms with E-state index in [2.05, 4.69) is 6.92 Å². The summed E-state index contributed by atoms with van der Waals surface area (Å²) in [6.45, 7) is 4.08. The van der Waals surface area contributed by atoms with Crippen LogP contribution in [0.2, 0.25) is 0 Å². The number of hydrogen-bond acceptors (Lipinski definition) is 4. The first-order chi connectivity index (χ1) is 13.5. The van der Waals surface area contributed by atoms with Gasteiger partial charge in [0.25, 0.3) is 0 Å².